The minimum absolute atomic E-state index is 0.132. The molecular weight excluding hydrogens is 278 g/mol. The first-order valence-corrected chi connectivity index (χ1v) is 6.31. The lowest BCUT2D eigenvalue weighted by molar-refractivity contribution is -0.148. The molecule has 1 aromatic carbocycles. The van der Waals surface area contributed by atoms with E-state index in [2.05, 4.69) is 5.32 Å². The van der Waals surface area contributed by atoms with E-state index in [-0.39, 0.29) is 12.0 Å². The summed E-state index contributed by atoms with van der Waals surface area (Å²) in [7, 11) is 1.41. The molecule has 0 saturated heterocycles. The van der Waals surface area contributed by atoms with Crippen LogP contribution in [0.15, 0.2) is 24.3 Å². The molecule has 0 unspecified atom stereocenters. The molecule has 0 bridgehead atoms. The van der Waals surface area contributed by atoms with Crippen molar-refractivity contribution in [2.75, 3.05) is 13.7 Å². The number of carboxylic acids is 1. The number of nitrogens with one attached hydrogen (secondary N) is 1. The van der Waals surface area contributed by atoms with Crippen molar-refractivity contribution in [3.8, 4) is 5.75 Å². The van der Waals surface area contributed by atoms with E-state index < -0.39 is 30.5 Å². The van der Waals surface area contributed by atoms with Gasteiger partial charge in [0.1, 0.15) is 12.4 Å². The number of hydrogen-bond donors (Lipinski definition) is 2. The van der Waals surface area contributed by atoms with Gasteiger partial charge in [0.2, 0.25) is 0 Å². The summed E-state index contributed by atoms with van der Waals surface area (Å²) in [6, 6.07) is 5.09. The Morgan fingerprint density at radius 2 is 1.95 bits per heavy atom. The number of benzene rings is 1. The molecule has 1 aromatic rings. The number of esters is 1. The summed E-state index contributed by atoms with van der Waals surface area (Å²) < 4.78 is 9.77. The first-order chi connectivity index (χ1) is 9.99. The fraction of sp³-hybridized carbons (Fsp3) is 0.357. The number of aliphatic carboxylic acids is 1. The van der Waals surface area contributed by atoms with Gasteiger partial charge in [-0.15, -0.1) is 0 Å². The molecular formula is C14H17NO6. The Labute approximate surface area is 121 Å². The topological polar surface area (TPSA) is 102 Å². The Bertz CT molecular complexity index is 528. The molecule has 0 spiro atoms. The smallest absolute Gasteiger partial charge is 0.329 e. The van der Waals surface area contributed by atoms with Crippen LogP contribution in [-0.2, 0) is 14.3 Å². The Kier molecular flexibility index (Phi) is 6.19. The van der Waals surface area contributed by atoms with Crippen molar-refractivity contribution in [1.29, 1.82) is 0 Å². The van der Waals surface area contributed by atoms with Crippen molar-refractivity contribution in [3.63, 3.8) is 0 Å². The van der Waals surface area contributed by atoms with Crippen LogP contribution in [0.4, 0.5) is 0 Å². The van der Waals surface area contributed by atoms with Crippen LogP contribution in [0.25, 0.3) is 0 Å². The zero-order chi connectivity index (χ0) is 15.8. The third kappa shape index (κ3) is 4.79. The normalized spacial score (nSPS) is 11.3. The summed E-state index contributed by atoms with van der Waals surface area (Å²) in [5.74, 6) is -2.12. The van der Waals surface area contributed by atoms with E-state index in [1.54, 1.807) is 25.1 Å². The molecule has 0 aliphatic carbocycles. The average Bonchev–Trinajstić information content (AvgIpc) is 2.50. The van der Waals surface area contributed by atoms with Gasteiger partial charge >= 0.3 is 11.9 Å². The molecule has 1 atom stereocenters. The van der Waals surface area contributed by atoms with E-state index in [9.17, 15) is 14.4 Å². The zero-order valence-electron chi connectivity index (χ0n) is 11.8. The standard InChI is InChI=1S/C14H17NO6/c1-3-12(16)21-8-10(14(18)19)15-13(17)9-6-4-5-7-11(9)20-2/h4-7,10H,3,8H2,1-2H3,(H,15,17)(H,18,19)/t10-/m0/s1. The molecule has 0 radical (unpaired) electrons. The molecule has 0 aliphatic heterocycles. The molecule has 114 valence electrons. The summed E-state index contributed by atoms with van der Waals surface area (Å²) >= 11 is 0. The number of hydrogen-bond acceptors (Lipinski definition) is 5. The Morgan fingerprint density at radius 1 is 1.29 bits per heavy atom. The van der Waals surface area contributed by atoms with Crippen LogP contribution in [0.1, 0.15) is 23.7 Å². The van der Waals surface area contributed by atoms with Gasteiger partial charge in [-0.05, 0) is 12.1 Å². The number of carbonyl (C=O) groups excluding carboxylic acids is 2. The minimum atomic E-state index is -1.32. The van der Waals surface area contributed by atoms with Gasteiger partial charge in [-0.3, -0.25) is 9.59 Å². The number of amides is 1. The molecule has 1 rings (SSSR count). The van der Waals surface area contributed by atoms with Crippen molar-refractivity contribution < 1.29 is 29.0 Å². The van der Waals surface area contributed by atoms with Gasteiger partial charge < -0.3 is 19.9 Å². The lowest BCUT2D eigenvalue weighted by Crippen LogP contribution is -2.44. The highest BCUT2D eigenvalue weighted by atomic mass is 16.5. The molecule has 21 heavy (non-hydrogen) atoms. The second-order valence-electron chi connectivity index (χ2n) is 4.10. The van der Waals surface area contributed by atoms with Crippen LogP contribution in [-0.4, -0.2) is 42.7 Å². The number of ether oxygens (including phenoxy) is 2. The maximum absolute atomic E-state index is 12.1. The zero-order valence-corrected chi connectivity index (χ0v) is 11.8. The maximum atomic E-state index is 12.1. The molecule has 1 amide bonds. The molecule has 0 aliphatic rings. The van der Waals surface area contributed by atoms with Gasteiger partial charge in [-0.1, -0.05) is 19.1 Å². The fourth-order valence-electron chi connectivity index (χ4n) is 1.52. The van der Waals surface area contributed by atoms with Crippen LogP contribution in [0.5, 0.6) is 5.75 Å². The molecule has 0 heterocycles. The number of carboxylic acid groups (broad SMARTS) is 1. The lowest BCUT2D eigenvalue weighted by atomic mass is 10.1. The van der Waals surface area contributed by atoms with Crippen LogP contribution in [0.3, 0.4) is 0 Å². The molecule has 2 N–H and O–H groups in total. The van der Waals surface area contributed by atoms with Gasteiger partial charge in [-0.2, -0.15) is 0 Å². The van der Waals surface area contributed by atoms with Crippen molar-refractivity contribution in [3.05, 3.63) is 29.8 Å². The Morgan fingerprint density at radius 3 is 2.52 bits per heavy atom. The minimum Gasteiger partial charge on any atom is -0.496 e. The second-order valence-corrected chi connectivity index (χ2v) is 4.10. The molecule has 7 heteroatoms. The van der Waals surface area contributed by atoms with E-state index in [0.717, 1.165) is 0 Å². The Hall–Kier alpha value is -2.57. The van der Waals surface area contributed by atoms with E-state index in [4.69, 9.17) is 14.6 Å². The number of rotatable bonds is 7. The predicted octanol–water partition coefficient (Wildman–Crippen LogP) is 0.831. The maximum Gasteiger partial charge on any atom is 0.329 e. The summed E-state index contributed by atoms with van der Waals surface area (Å²) in [5.41, 5.74) is 0.202. The van der Waals surface area contributed by atoms with E-state index >= 15 is 0 Å². The summed E-state index contributed by atoms with van der Waals surface area (Å²) in [5, 5.41) is 11.3. The number of methoxy groups -OCH3 is 1. The third-order valence-corrected chi connectivity index (χ3v) is 2.65. The van der Waals surface area contributed by atoms with Gasteiger partial charge in [0.15, 0.2) is 6.04 Å². The Balaban J connectivity index is 2.76. The molecule has 0 aromatic heterocycles. The lowest BCUT2D eigenvalue weighted by Gasteiger charge is -2.15. The van der Waals surface area contributed by atoms with E-state index in [1.165, 1.54) is 13.2 Å². The average molecular weight is 295 g/mol. The summed E-state index contributed by atoms with van der Waals surface area (Å²) in [4.78, 5) is 34.2. The molecule has 0 saturated carbocycles. The van der Waals surface area contributed by atoms with Crippen molar-refractivity contribution in [2.45, 2.75) is 19.4 Å². The van der Waals surface area contributed by atoms with Crippen LogP contribution in [0, 0.1) is 0 Å². The fourth-order valence-corrected chi connectivity index (χ4v) is 1.52. The first kappa shape index (κ1) is 16.5. The second kappa shape index (κ2) is 7.88. The molecule has 7 nitrogen and oxygen atoms in total. The first-order valence-electron chi connectivity index (χ1n) is 6.31. The largest absolute Gasteiger partial charge is 0.496 e. The molecule has 0 fully saturated rings. The van der Waals surface area contributed by atoms with Gasteiger partial charge in [0.05, 0.1) is 12.7 Å². The SMILES string of the molecule is CCC(=O)OC[C@H](NC(=O)c1ccccc1OC)C(=O)O. The number of para-hydroxylation sites is 1. The van der Waals surface area contributed by atoms with Gasteiger partial charge in [0, 0.05) is 6.42 Å². The summed E-state index contributed by atoms with van der Waals surface area (Å²) in [6.07, 6.45) is 0.132. The van der Waals surface area contributed by atoms with Crippen LogP contribution >= 0.6 is 0 Å². The monoisotopic (exact) mass is 295 g/mol. The van der Waals surface area contributed by atoms with E-state index in [0.29, 0.717) is 5.75 Å². The quantitative estimate of drug-likeness (QED) is 0.722. The van der Waals surface area contributed by atoms with Crippen molar-refractivity contribution >= 4 is 17.8 Å². The van der Waals surface area contributed by atoms with Gasteiger partial charge in [0.25, 0.3) is 5.91 Å². The summed E-state index contributed by atoms with van der Waals surface area (Å²) in [6.45, 7) is 1.16. The third-order valence-electron chi connectivity index (χ3n) is 2.65. The van der Waals surface area contributed by atoms with Crippen molar-refractivity contribution in [1.82, 2.24) is 5.32 Å². The number of carbonyl (C=O) groups is 3. The van der Waals surface area contributed by atoms with Crippen LogP contribution < -0.4 is 10.1 Å². The van der Waals surface area contributed by atoms with Gasteiger partial charge in [-0.25, -0.2) is 4.79 Å². The van der Waals surface area contributed by atoms with Crippen molar-refractivity contribution in [2.24, 2.45) is 0 Å². The predicted molar refractivity (Wildman–Crippen MR) is 73.1 cm³/mol. The highest BCUT2D eigenvalue weighted by molar-refractivity contribution is 5.99. The van der Waals surface area contributed by atoms with E-state index in [1.807, 2.05) is 0 Å². The highest BCUT2D eigenvalue weighted by Crippen LogP contribution is 2.17. The van der Waals surface area contributed by atoms with Crippen LogP contribution in [0.2, 0.25) is 0 Å². The highest BCUT2D eigenvalue weighted by Gasteiger charge is 2.23.